The number of anilines is 1. The fourth-order valence-corrected chi connectivity index (χ4v) is 1.85. The lowest BCUT2D eigenvalue weighted by atomic mass is 10.2. The van der Waals surface area contributed by atoms with E-state index < -0.39 is 24.1 Å². The van der Waals surface area contributed by atoms with E-state index in [9.17, 15) is 22.8 Å². The number of hydrogen-bond donors (Lipinski definition) is 0. The van der Waals surface area contributed by atoms with Gasteiger partial charge in [0.25, 0.3) is 0 Å². The number of rotatable bonds is 7. The Morgan fingerprint density at radius 3 is 1.96 bits per heavy atom. The number of benzene rings is 1. The van der Waals surface area contributed by atoms with E-state index in [0.717, 1.165) is 26.4 Å². The van der Waals surface area contributed by atoms with Gasteiger partial charge in [-0.1, -0.05) is 6.07 Å². The highest BCUT2D eigenvalue weighted by atomic mass is 19.4. The molecule has 0 aliphatic carbocycles. The van der Waals surface area contributed by atoms with Crippen molar-refractivity contribution in [3.63, 3.8) is 0 Å². The minimum atomic E-state index is -4.49. The second-order valence-electron chi connectivity index (χ2n) is 4.64. The van der Waals surface area contributed by atoms with Crippen LogP contribution in [0.5, 0.6) is 0 Å². The van der Waals surface area contributed by atoms with Crippen LogP contribution in [0.15, 0.2) is 24.3 Å². The first-order valence-electron chi connectivity index (χ1n) is 7.11. The zero-order chi connectivity index (χ0) is 18.9. The first kappa shape index (κ1) is 20.4. The summed E-state index contributed by atoms with van der Waals surface area (Å²) in [5.74, 6) is 0. The number of hydrogen-bond acceptors (Lipinski definition) is 7. The van der Waals surface area contributed by atoms with Crippen LogP contribution in [0.4, 0.5) is 28.4 Å². The van der Waals surface area contributed by atoms with Gasteiger partial charge in [-0.2, -0.15) is 13.2 Å². The Morgan fingerprint density at radius 2 is 1.52 bits per heavy atom. The maximum Gasteiger partial charge on any atom is 0.508 e. The smallest absolute Gasteiger partial charge is 0.438 e. The van der Waals surface area contributed by atoms with E-state index in [1.54, 1.807) is 0 Å². The third kappa shape index (κ3) is 7.19. The molecule has 0 unspecified atom stereocenters. The molecule has 0 saturated carbocycles. The lowest BCUT2D eigenvalue weighted by molar-refractivity contribution is -0.137. The lowest BCUT2D eigenvalue weighted by Gasteiger charge is -2.25. The van der Waals surface area contributed by atoms with Crippen molar-refractivity contribution < 1.29 is 41.7 Å². The Kier molecular flexibility index (Phi) is 7.83. The molecule has 0 bridgehead atoms. The van der Waals surface area contributed by atoms with Crippen molar-refractivity contribution in [1.82, 2.24) is 0 Å². The standard InChI is InChI=1S/C15H18F3NO6/c1-22-13(20)24-8-6-19(7-9-25-14(21)23-2)12-5-3-4-11(10-12)15(16,17)18/h3-5,10H,6-9H2,1-2H3. The highest BCUT2D eigenvalue weighted by Gasteiger charge is 2.30. The Bertz CT molecular complexity index is 557. The fourth-order valence-electron chi connectivity index (χ4n) is 1.85. The predicted molar refractivity (Wildman–Crippen MR) is 80.4 cm³/mol. The monoisotopic (exact) mass is 365 g/mol. The quantitative estimate of drug-likeness (QED) is 0.688. The molecule has 1 aromatic rings. The molecule has 0 spiro atoms. The van der Waals surface area contributed by atoms with Gasteiger partial charge in [0, 0.05) is 5.69 Å². The van der Waals surface area contributed by atoms with Gasteiger partial charge in [-0.3, -0.25) is 0 Å². The fraction of sp³-hybridized carbons (Fsp3) is 0.467. The van der Waals surface area contributed by atoms with Gasteiger partial charge in [-0.25, -0.2) is 9.59 Å². The molecule has 0 N–H and O–H groups in total. The van der Waals surface area contributed by atoms with E-state index in [2.05, 4.69) is 9.47 Å². The molecule has 25 heavy (non-hydrogen) atoms. The van der Waals surface area contributed by atoms with Crippen molar-refractivity contribution in [2.75, 3.05) is 45.4 Å². The van der Waals surface area contributed by atoms with Crippen molar-refractivity contribution in [3.05, 3.63) is 29.8 Å². The second kappa shape index (κ2) is 9.60. The summed E-state index contributed by atoms with van der Waals surface area (Å²) in [7, 11) is 2.27. The van der Waals surface area contributed by atoms with E-state index in [1.165, 1.54) is 17.0 Å². The molecule has 0 heterocycles. The first-order chi connectivity index (χ1) is 11.8. The summed E-state index contributed by atoms with van der Waals surface area (Å²) >= 11 is 0. The van der Waals surface area contributed by atoms with E-state index in [-0.39, 0.29) is 32.0 Å². The number of methoxy groups -OCH3 is 2. The van der Waals surface area contributed by atoms with E-state index in [1.807, 2.05) is 0 Å². The zero-order valence-electron chi connectivity index (χ0n) is 13.7. The van der Waals surface area contributed by atoms with Gasteiger partial charge >= 0.3 is 18.5 Å². The molecule has 7 nitrogen and oxygen atoms in total. The molecular weight excluding hydrogens is 347 g/mol. The molecule has 0 aliphatic rings. The molecule has 1 aromatic carbocycles. The predicted octanol–water partition coefficient (Wildman–Crippen LogP) is 3.08. The summed E-state index contributed by atoms with van der Waals surface area (Å²) in [6.45, 7) is -0.107. The normalized spacial score (nSPS) is 10.8. The van der Waals surface area contributed by atoms with Crippen molar-refractivity contribution >= 4 is 18.0 Å². The topological polar surface area (TPSA) is 74.3 Å². The van der Waals surface area contributed by atoms with Crippen LogP contribution in [0.25, 0.3) is 0 Å². The second-order valence-corrected chi connectivity index (χ2v) is 4.64. The number of alkyl halides is 3. The highest BCUT2D eigenvalue weighted by Crippen LogP contribution is 2.31. The molecule has 0 amide bonds. The number of ether oxygens (including phenoxy) is 4. The molecule has 1 rings (SSSR count). The molecule has 0 radical (unpaired) electrons. The van der Waals surface area contributed by atoms with Crippen molar-refractivity contribution in [1.29, 1.82) is 0 Å². The summed E-state index contributed by atoms with van der Waals surface area (Å²) in [5.41, 5.74) is -0.588. The van der Waals surface area contributed by atoms with Crippen LogP contribution in [-0.4, -0.2) is 52.8 Å². The molecule has 0 atom stereocenters. The van der Waals surface area contributed by atoms with Gasteiger partial charge in [0.05, 0.1) is 32.9 Å². The van der Waals surface area contributed by atoms with Gasteiger partial charge in [0.2, 0.25) is 0 Å². The molecule has 0 aromatic heterocycles. The van der Waals surface area contributed by atoms with Crippen LogP contribution < -0.4 is 4.90 Å². The Balaban J connectivity index is 2.81. The average Bonchev–Trinajstić information content (AvgIpc) is 2.59. The van der Waals surface area contributed by atoms with Crippen molar-refractivity contribution in [2.24, 2.45) is 0 Å². The Morgan fingerprint density at radius 1 is 1.00 bits per heavy atom. The summed E-state index contributed by atoms with van der Waals surface area (Å²) in [6.07, 6.45) is -6.31. The minimum Gasteiger partial charge on any atom is -0.438 e. The molecule has 140 valence electrons. The first-order valence-corrected chi connectivity index (χ1v) is 7.11. The molecule has 10 heteroatoms. The van der Waals surface area contributed by atoms with Gasteiger partial charge in [-0.15, -0.1) is 0 Å². The van der Waals surface area contributed by atoms with Crippen LogP contribution in [0, 0.1) is 0 Å². The van der Waals surface area contributed by atoms with Crippen LogP contribution in [0.3, 0.4) is 0 Å². The maximum atomic E-state index is 12.8. The third-order valence-electron chi connectivity index (χ3n) is 3.03. The molecule has 0 saturated heterocycles. The Hall–Kier alpha value is -2.65. The zero-order valence-corrected chi connectivity index (χ0v) is 13.7. The van der Waals surface area contributed by atoms with Gasteiger partial charge < -0.3 is 23.8 Å². The van der Waals surface area contributed by atoms with Crippen LogP contribution in [0.2, 0.25) is 0 Å². The van der Waals surface area contributed by atoms with Crippen molar-refractivity contribution in [3.8, 4) is 0 Å². The van der Waals surface area contributed by atoms with Gasteiger partial charge in [0.15, 0.2) is 0 Å². The minimum absolute atomic E-state index is 0.0704. The largest absolute Gasteiger partial charge is 0.508 e. The van der Waals surface area contributed by atoms with Crippen LogP contribution in [0.1, 0.15) is 5.56 Å². The molecule has 0 fully saturated rings. The molecule has 0 aliphatic heterocycles. The van der Waals surface area contributed by atoms with Gasteiger partial charge in [0.1, 0.15) is 13.2 Å². The summed E-state index contributed by atoms with van der Waals surface area (Å²) < 4.78 is 56.6. The number of carbonyl (C=O) groups excluding carboxylic acids is 2. The van der Waals surface area contributed by atoms with Crippen LogP contribution >= 0.6 is 0 Å². The number of nitrogens with zero attached hydrogens (tertiary/aromatic N) is 1. The van der Waals surface area contributed by atoms with Gasteiger partial charge in [-0.05, 0) is 18.2 Å². The average molecular weight is 365 g/mol. The summed E-state index contributed by atoms with van der Waals surface area (Å²) in [6, 6.07) is 4.62. The molecular formula is C15H18F3NO6. The third-order valence-corrected chi connectivity index (χ3v) is 3.03. The SMILES string of the molecule is COC(=O)OCCN(CCOC(=O)OC)c1cccc(C(F)(F)F)c1. The highest BCUT2D eigenvalue weighted by molar-refractivity contribution is 5.60. The lowest BCUT2D eigenvalue weighted by Crippen LogP contribution is -2.32. The van der Waals surface area contributed by atoms with E-state index in [4.69, 9.17) is 9.47 Å². The number of carbonyl (C=O) groups is 2. The summed E-state index contributed by atoms with van der Waals surface area (Å²) in [4.78, 5) is 23.4. The maximum absolute atomic E-state index is 12.8. The number of halogens is 3. The van der Waals surface area contributed by atoms with E-state index in [0.29, 0.717) is 0 Å². The van der Waals surface area contributed by atoms with Crippen LogP contribution in [-0.2, 0) is 25.1 Å². The van der Waals surface area contributed by atoms with E-state index >= 15 is 0 Å². The summed E-state index contributed by atoms with van der Waals surface area (Å²) in [5, 5.41) is 0. The Labute approximate surface area is 142 Å². The van der Waals surface area contributed by atoms with Crippen molar-refractivity contribution in [2.45, 2.75) is 6.18 Å².